The van der Waals surface area contributed by atoms with E-state index in [1.54, 1.807) is 0 Å². The van der Waals surface area contributed by atoms with Crippen molar-refractivity contribution in [3.8, 4) is 23.0 Å². The molecule has 2 heterocycles. The lowest BCUT2D eigenvalue weighted by molar-refractivity contribution is 0.428. The summed E-state index contributed by atoms with van der Waals surface area (Å²) in [6.07, 6.45) is 0. The molecule has 16 heteroatoms. The van der Waals surface area contributed by atoms with E-state index in [1.165, 1.54) is 31.3 Å². The fourth-order valence-electron chi connectivity index (χ4n) is 3.67. The van der Waals surface area contributed by atoms with Crippen LogP contribution in [0.3, 0.4) is 0 Å². The van der Waals surface area contributed by atoms with Crippen LogP contribution in [0.2, 0.25) is 10.0 Å². The van der Waals surface area contributed by atoms with Crippen LogP contribution >= 0.6 is 23.2 Å². The predicted octanol–water partition coefficient (Wildman–Crippen LogP) is 3.22. The summed E-state index contributed by atoms with van der Waals surface area (Å²) >= 11 is 13.0. The Morgan fingerprint density at radius 1 is 0.800 bits per heavy atom. The first-order chi connectivity index (χ1) is 16.3. The number of fused-ring (bicyclic) bond motifs is 4. The summed E-state index contributed by atoms with van der Waals surface area (Å²) in [5.74, 6) is -1.05. The van der Waals surface area contributed by atoms with Crippen molar-refractivity contribution in [2.45, 2.75) is 9.79 Å². The van der Waals surface area contributed by atoms with Crippen molar-refractivity contribution >= 4 is 66.2 Å². The number of ether oxygens (including phenoxy) is 2. The summed E-state index contributed by atoms with van der Waals surface area (Å²) in [6.45, 7) is 0. The molecule has 2 aliphatic heterocycles. The quantitative estimate of drug-likeness (QED) is 0.189. The van der Waals surface area contributed by atoms with E-state index in [0.29, 0.717) is 0 Å². The third kappa shape index (κ3) is 3.57. The Balaban J connectivity index is 1.83. The number of nitrogens with one attached hydrogen (secondary N) is 1. The van der Waals surface area contributed by atoms with Crippen LogP contribution in [0, 0.1) is 0 Å². The number of nitrogen functional groups attached to an aromatic ring is 1. The van der Waals surface area contributed by atoms with Gasteiger partial charge in [-0.25, -0.2) is 9.98 Å². The van der Waals surface area contributed by atoms with Crippen molar-refractivity contribution in [3.05, 3.63) is 45.0 Å². The van der Waals surface area contributed by atoms with Crippen LogP contribution < -0.4 is 31.2 Å². The van der Waals surface area contributed by atoms with Crippen molar-refractivity contribution in [2.75, 3.05) is 18.1 Å². The third-order valence-corrected chi connectivity index (χ3v) is 7.68. The first-order valence-electron chi connectivity index (χ1n) is 9.39. The van der Waals surface area contributed by atoms with Gasteiger partial charge in [0.1, 0.15) is 32.1 Å². The van der Waals surface area contributed by atoms with E-state index in [9.17, 15) is 25.9 Å². The minimum Gasteiger partial charge on any atom is -0.450 e. The minimum atomic E-state index is -4.80. The van der Waals surface area contributed by atoms with Crippen LogP contribution in [0.25, 0.3) is 0 Å². The number of halogens is 2. The monoisotopic (exact) mass is 558 g/mol. The Labute approximate surface area is 207 Å². The number of rotatable bonds is 3. The lowest BCUT2D eigenvalue weighted by Gasteiger charge is -2.23. The molecular weight excluding hydrogens is 547 g/mol. The van der Waals surface area contributed by atoms with E-state index in [-0.39, 0.29) is 66.5 Å². The molecule has 2 aliphatic rings. The predicted molar refractivity (Wildman–Crippen MR) is 125 cm³/mol. The molecule has 3 aromatic carbocycles. The largest absolute Gasteiger partial charge is 0.450 e. The Hall–Kier alpha value is -3.14. The molecule has 0 aliphatic carbocycles. The number of nitrogens with zero attached hydrogens (tertiary/aromatic N) is 2. The molecule has 0 fully saturated rings. The maximum atomic E-state index is 12.1. The van der Waals surface area contributed by atoms with Gasteiger partial charge in [0.2, 0.25) is 0 Å². The van der Waals surface area contributed by atoms with Crippen molar-refractivity contribution in [3.63, 3.8) is 0 Å². The molecule has 35 heavy (non-hydrogen) atoms. The highest BCUT2D eigenvalue weighted by Gasteiger charge is 2.33. The molecule has 0 bridgehead atoms. The van der Waals surface area contributed by atoms with Gasteiger partial charge in [0.25, 0.3) is 20.2 Å². The molecule has 5 N–H and O–H groups in total. The molecular formula is C19H12Cl2N4O8S2. The molecule has 0 spiro atoms. The maximum Gasteiger partial charge on any atom is 0.300 e. The molecule has 0 atom stereocenters. The second kappa shape index (κ2) is 7.68. The number of benzene rings is 3. The first kappa shape index (κ1) is 23.6. The second-order valence-corrected chi connectivity index (χ2v) is 10.7. The standard InChI is InChI=1S/C19H12Cl2N4O8S2/c1-23-9-5-4-8-15(19(9)35(29,30)31)33-17-11(21)12-16(10(20)13(17)25-8)32-14-7(24-12)3-2-6(22)18(14)34(26,27)28/h2-5,23H,22H2,1H3,(H,26,27,28)(H,29,30,31). The zero-order chi connectivity index (χ0) is 25.4. The van der Waals surface area contributed by atoms with Crippen LogP contribution in [0.1, 0.15) is 0 Å². The highest BCUT2D eigenvalue weighted by molar-refractivity contribution is 7.86. The summed E-state index contributed by atoms with van der Waals surface area (Å²) in [4.78, 5) is 7.32. The van der Waals surface area contributed by atoms with E-state index >= 15 is 0 Å². The van der Waals surface area contributed by atoms with Crippen LogP contribution in [0.4, 0.5) is 22.7 Å². The summed E-state index contributed by atoms with van der Waals surface area (Å²) < 4.78 is 78.9. The van der Waals surface area contributed by atoms with Gasteiger partial charge < -0.3 is 20.5 Å². The zero-order valence-corrected chi connectivity index (χ0v) is 20.3. The lowest BCUT2D eigenvalue weighted by atomic mass is 10.2. The smallest absolute Gasteiger partial charge is 0.300 e. The fraction of sp³-hybridized carbons (Fsp3) is 0.0526. The van der Waals surface area contributed by atoms with Crippen LogP contribution in [-0.4, -0.2) is 33.0 Å². The Kier molecular flexibility index (Phi) is 5.18. The topological polar surface area (TPSA) is 190 Å². The highest BCUT2D eigenvalue weighted by Crippen LogP contribution is 2.48. The Bertz CT molecular complexity index is 1830. The van der Waals surface area contributed by atoms with Gasteiger partial charge in [0.05, 0.1) is 11.4 Å². The molecule has 0 unspecified atom stereocenters. The first-order valence-corrected chi connectivity index (χ1v) is 13.0. The molecule has 0 radical (unpaired) electrons. The van der Waals surface area contributed by atoms with Crippen LogP contribution in [0.15, 0.2) is 44.0 Å². The van der Waals surface area contributed by atoms with Gasteiger partial charge in [0.15, 0.2) is 32.8 Å². The van der Waals surface area contributed by atoms with Gasteiger partial charge in [-0.2, -0.15) is 16.8 Å². The number of hydrogen-bond acceptors (Lipinski definition) is 10. The van der Waals surface area contributed by atoms with Gasteiger partial charge in [-0.3, -0.25) is 9.11 Å². The van der Waals surface area contributed by atoms with Gasteiger partial charge >= 0.3 is 0 Å². The van der Waals surface area contributed by atoms with Crippen molar-refractivity contribution in [2.24, 2.45) is 9.98 Å². The van der Waals surface area contributed by atoms with E-state index in [1.807, 2.05) is 0 Å². The van der Waals surface area contributed by atoms with Crippen molar-refractivity contribution in [1.29, 1.82) is 0 Å². The summed E-state index contributed by atoms with van der Waals surface area (Å²) in [5, 5.41) is 2.10. The summed E-state index contributed by atoms with van der Waals surface area (Å²) in [7, 11) is -8.11. The zero-order valence-electron chi connectivity index (χ0n) is 17.2. The Morgan fingerprint density at radius 3 is 1.71 bits per heavy atom. The molecule has 0 saturated carbocycles. The van der Waals surface area contributed by atoms with Crippen molar-refractivity contribution < 1.29 is 35.4 Å². The molecule has 182 valence electrons. The maximum absolute atomic E-state index is 12.1. The number of nitrogens with two attached hydrogens (primary N) is 1. The molecule has 12 nitrogen and oxygen atoms in total. The summed E-state index contributed by atoms with van der Waals surface area (Å²) in [6, 6.07) is 5.31. The Morgan fingerprint density at radius 2 is 1.26 bits per heavy atom. The molecule has 0 saturated heterocycles. The van der Waals surface area contributed by atoms with Gasteiger partial charge in [-0.15, -0.1) is 0 Å². The van der Waals surface area contributed by atoms with Crippen LogP contribution in [-0.2, 0) is 20.2 Å². The fourth-order valence-corrected chi connectivity index (χ4v) is 5.75. The SMILES string of the molecule is CNc1ccc2c(c1S(=O)(=O)O)Oc1c(Cl)c3c(c(Cl)c1=N2)Oc1c(ccc(N)c1S(=O)(=O)O)N=3. The van der Waals surface area contributed by atoms with E-state index < -0.39 is 30.0 Å². The lowest BCUT2D eigenvalue weighted by Crippen LogP contribution is -2.23. The van der Waals surface area contributed by atoms with Gasteiger partial charge in [0, 0.05) is 7.05 Å². The summed E-state index contributed by atoms with van der Waals surface area (Å²) in [5.41, 5.74) is 5.44. The number of hydrogen-bond donors (Lipinski definition) is 4. The average molecular weight is 559 g/mol. The van der Waals surface area contributed by atoms with E-state index in [4.69, 9.17) is 38.4 Å². The second-order valence-electron chi connectivity index (χ2n) is 7.23. The third-order valence-electron chi connectivity index (χ3n) is 5.12. The minimum absolute atomic E-state index is 0.00180. The van der Waals surface area contributed by atoms with Gasteiger partial charge in [-0.1, -0.05) is 23.2 Å². The molecule has 3 aromatic rings. The average Bonchev–Trinajstić information content (AvgIpc) is 2.78. The van der Waals surface area contributed by atoms with Crippen molar-refractivity contribution in [1.82, 2.24) is 0 Å². The normalized spacial score (nSPS) is 13.6. The van der Waals surface area contributed by atoms with Gasteiger partial charge in [-0.05, 0) is 24.3 Å². The van der Waals surface area contributed by atoms with E-state index in [0.717, 1.165) is 0 Å². The van der Waals surface area contributed by atoms with E-state index in [2.05, 4.69) is 15.3 Å². The van der Waals surface area contributed by atoms with Crippen LogP contribution in [0.5, 0.6) is 23.0 Å². The number of anilines is 2. The molecule has 0 amide bonds. The highest BCUT2D eigenvalue weighted by atomic mass is 35.5. The molecule has 5 rings (SSSR count). The molecule has 0 aromatic heterocycles.